The number of benzene rings is 1. The van der Waals surface area contributed by atoms with E-state index in [1.807, 2.05) is 40.6 Å². The lowest BCUT2D eigenvalue weighted by molar-refractivity contribution is -0.134. The van der Waals surface area contributed by atoms with E-state index >= 15 is 0 Å². The maximum absolute atomic E-state index is 13.5. The molecule has 0 fully saturated rings. The summed E-state index contributed by atoms with van der Waals surface area (Å²) in [5.41, 5.74) is 2.30. The number of hydrogen-bond donors (Lipinski definition) is 0. The Morgan fingerprint density at radius 1 is 1.10 bits per heavy atom. The van der Waals surface area contributed by atoms with Crippen LogP contribution >= 0.6 is 22.7 Å². The van der Waals surface area contributed by atoms with Gasteiger partial charge >= 0.3 is 0 Å². The van der Waals surface area contributed by atoms with E-state index < -0.39 is 0 Å². The summed E-state index contributed by atoms with van der Waals surface area (Å²) in [5.74, 6) is -0.114. The van der Waals surface area contributed by atoms with Crippen LogP contribution in [0.3, 0.4) is 0 Å². The second-order valence-corrected chi connectivity index (χ2v) is 9.45. The van der Waals surface area contributed by atoms with Gasteiger partial charge in [-0.1, -0.05) is 36.4 Å². The molecule has 3 aromatic rings. The van der Waals surface area contributed by atoms with Crippen molar-refractivity contribution in [2.75, 3.05) is 33.4 Å². The third kappa shape index (κ3) is 4.89. The Bertz CT molecular complexity index is 1000. The van der Waals surface area contributed by atoms with Crippen molar-refractivity contribution >= 4 is 34.5 Å². The van der Waals surface area contributed by atoms with Gasteiger partial charge in [0, 0.05) is 31.7 Å². The van der Waals surface area contributed by atoms with Crippen LogP contribution in [0.1, 0.15) is 38.1 Å². The smallest absolute Gasteiger partial charge is 0.264 e. The van der Waals surface area contributed by atoms with Gasteiger partial charge < -0.3 is 14.5 Å². The summed E-state index contributed by atoms with van der Waals surface area (Å²) >= 11 is 3.16. The highest BCUT2D eigenvalue weighted by molar-refractivity contribution is 7.12. The van der Waals surface area contributed by atoms with E-state index in [1.165, 1.54) is 21.8 Å². The molecule has 1 aliphatic rings. The largest absolute Gasteiger partial charge is 0.385 e. The van der Waals surface area contributed by atoms with Gasteiger partial charge in [-0.3, -0.25) is 9.59 Å². The van der Waals surface area contributed by atoms with Crippen LogP contribution < -0.4 is 0 Å². The van der Waals surface area contributed by atoms with Crippen molar-refractivity contribution in [1.29, 1.82) is 0 Å². The predicted octanol–water partition coefficient (Wildman–Crippen LogP) is 4.46. The van der Waals surface area contributed by atoms with Crippen molar-refractivity contribution in [3.05, 3.63) is 80.2 Å². The van der Waals surface area contributed by atoms with Gasteiger partial charge in [-0.05, 0) is 46.9 Å². The number of amides is 2. The zero-order valence-electron chi connectivity index (χ0n) is 17.5. The second kappa shape index (κ2) is 10.2. The zero-order valence-corrected chi connectivity index (χ0v) is 19.2. The topological polar surface area (TPSA) is 49.9 Å². The van der Waals surface area contributed by atoms with Crippen molar-refractivity contribution in [3.63, 3.8) is 0 Å². The molecule has 1 aromatic carbocycles. The van der Waals surface area contributed by atoms with Crippen molar-refractivity contribution < 1.29 is 14.3 Å². The SMILES string of the molecule is COCCCN(CC(=O)N1CCc2sccc2C1c1ccccc1)C(=O)c1cccs1. The first-order valence-electron chi connectivity index (χ1n) is 10.4. The molecule has 4 rings (SSSR count). The van der Waals surface area contributed by atoms with E-state index in [1.54, 1.807) is 23.3 Å². The third-order valence-corrected chi connectivity index (χ3v) is 7.38. The molecule has 0 radical (unpaired) electrons. The Morgan fingerprint density at radius 3 is 2.68 bits per heavy atom. The van der Waals surface area contributed by atoms with E-state index in [0.717, 1.165) is 12.0 Å². The molecule has 7 heteroatoms. The van der Waals surface area contributed by atoms with Gasteiger partial charge in [0.25, 0.3) is 5.91 Å². The molecule has 1 aliphatic heterocycles. The van der Waals surface area contributed by atoms with Crippen LogP contribution in [-0.2, 0) is 16.0 Å². The number of rotatable bonds is 8. The zero-order chi connectivity index (χ0) is 21.6. The summed E-state index contributed by atoms with van der Waals surface area (Å²) in [4.78, 5) is 32.2. The van der Waals surface area contributed by atoms with E-state index in [9.17, 15) is 9.59 Å². The quantitative estimate of drug-likeness (QED) is 0.472. The van der Waals surface area contributed by atoms with Crippen LogP contribution in [0, 0.1) is 0 Å². The van der Waals surface area contributed by atoms with E-state index in [4.69, 9.17) is 4.74 Å². The number of nitrogens with zero attached hydrogens (tertiary/aromatic N) is 2. The fourth-order valence-electron chi connectivity index (χ4n) is 4.04. The summed E-state index contributed by atoms with van der Waals surface area (Å²) in [6.07, 6.45) is 1.54. The number of ether oxygens (including phenoxy) is 1. The molecular weight excluding hydrogens is 428 g/mol. The molecule has 2 amide bonds. The maximum Gasteiger partial charge on any atom is 0.264 e. The van der Waals surface area contributed by atoms with Gasteiger partial charge in [0.05, 0.1) is 10.9 Å². The Hall–Kier alpha value is -2.48. The monoisotopic (exact) mass is 454 g/mol. The summed E-state index contributed by atoms with van der Waals surface area (Å²) in [7, 11) is 1.65. The average Bonchev–Trinajstić information content (AvgIpc) is 3.50. The summed E-state index contributed by atoms with van der Waals surface area (Å²) in [6.45, 7) is 1.77. The van der Waals surface area contributed by atoms with Gasteiger partial charge in [0.1, 0.15) is 6.54 Å². The van der Waals surface area contributed by atoms with Crippen LogP contribution in [0.4, 0.5) is 0 Å². The summed E-state index contributed by atoms with van der Waals surface area (Å²) in [6, 6.07) is 15.9. The van der Waals surface area contributed by atoms with Crippen molar-refractivity contribution in [2.24, 2.45) is 0 Å². The Labute approximate surface area is 190 Å². The van der Waals surface area contributed by atoms with Crippen LogP contribution in [0.2, 0.25) is 0 Å². The lowest BCUT2D eigenvalue weighted by Gasteiger charge is -2.37. The minimum Gasteiger partial charge on any atom is -0.385 e. The number of methoxy groups -OCH3 is 1. The molecule has 2 aromatic heterocycles. The molecule has 1 atom stereocenters. The number of hydrogen-bond acceptors (Lipinski definition) is 5. The summed E-state index contributed by atoms with van der Waals surface area (Å²) in [5, 5.41) is 3.99. The van der Waals surface area contributed by atoms with Crippen LogP contribution in [0.5, 0.6) is 0 Å². The maximum atomic E-state index is 13.5. The Morgan fingerprint density at radius 2 is 1.94 bits per heavy atom. The average molecular weight is 455 g/mol. The van der Waals surface area contributed by atoms with Crippen LogP contribution in [0.15, 0.2) is 59.3 Å². The van der Waals surface area contributed by atoms with Gasteiger partial charge in [0.2, 0.25) is 5.91 Å². The first-order valence-corrected chi connectivity index (χ1v) is 12.2. The highest BCUT2D eigenvalue weighted by Gasteiger charge is 2.34. The Kier molecular flexibility index (Phi) is 7.17. The van der Waals surface area contributed by atoms with Gasteiger partial charge in [-0.25, -0.2) is 0 Å². The molecule has 1 unspecified atom stereocenters. The molecule has 5 nitrogen and oxygen atoms in total. The molecule has 0 spiro atoms. The minimum atomic E-state index is -0.110. The van der Waals surface area contributed by atoms with Crippen molar-refractivity contribution in [2.45, 2.75) is 18.9 Å². The Balaban J connectivity index is 1.57. The van der Waals surface area contributed by atoms with Crippen molar-refractivity contribution in [3.8, 4) is 0 Å². The molecule has 0 bridgehead atoms. The summed E-state index contributed by atoms with van der Waals surface area (Å²) < 4.78 is 5.16. The number of thiophene rings is 2. The highest BCUT2D eigenvalue weighted by atomic mass is 32.1. The number of fused-ring (bicyclic) bond motifs is 1. The van der Waals surface area contributed by atoms with Crippen LogP contribution in [0.25, 0.3) is 0 Å². The first kappa shape index (κ1) is 21.7. The van der Waals surface area contributed by atoms with Crippen molar-refractivity contribution in [1.82, 2.24) is 9.80 Å². The third-order valence-electron chi connectivity index (χ3n) is 5.52. The first-order chi connectivity index (χ1) is 15.2. The molecular formula is C24H26N2O3S2. The number of carbonyl (C=O) groups is 2. The van der Waals surface area contributed by atoms with Crippen LogP contribution in [-0.4, -0.2) is 55.0 Å². The van der Waals surface area contributed by atoms with E-state index in [-0.39, 0.29) is 24.4 Å². The highest BCUT2D eigenvalue weighted by Crippen LogP contribution is 2.37. The second-order valence-electron chi connectivity index (χ2n) is 7.50. The molecule has 3 heterocycles. The minimum absolute atomic E-state index is 0.0203. The molecule has 0 aliphatic carbocycles. The molecule has 0 saturated carbocycles. The fourth-order valence-corrected chi connectivity index (χ4v) is 5.64. The lowest BCUT2D eigenvalue weighted by Crippen LogP contribution is -2.47. The molecule has 0 N–H and O–H groups in total. The van der Waals surface area contributed by atoms with Gasteiger partial charge in [-0.15, -0.1) is 22.7 Å². The van der Waals surface area contributed by atoms with E-state index in [2.05, 4.69) is 23.6 Å². The molecule has 31 heavy (non-hydrogen) atoms. The predicted molar refractivity (Wildman–Crippen MR) is 125 cm³/mol. The fraction of sp³-hybridized carbons (Fsp3) is 0.333. The van der Waals surface area contributed by atoms with Gasteiger partial charge in [-0.2, -0.15) is 0 Å². The van der Waals surface area contributed by atoms with Gasteiger partial charge in [0.15, 0.2) is 0 Å². The number of carbonyl (C=O) groups excluding carboxylic acids is 2. The molecule has 162 valence electrons. The lowest BCUT2D eigenvalue weighted by atomic mass is 9.93. The standard InChI is InChI=1S/C24H26N2O3S2/c1-29-14-6-12-25(24(28)21-9-5-15-30-21)17-22(27)26-13-10-20-19(11-16-31-20)23(26)18-7-3-2-4-8-18/h2-5,7-9,11,15-16,23H,6,10,12-14,17H2,1H3. The van der Waals surface area contributed by atoms with E-state index in [0.29, 0.717) is 31.0 Å². The molecule has 0 saturated heterocycles. The normalized spacial score (nSPS) is 15.5.